The van der Waals surface area contributed by atoms with Gasteiger partial charge in [-0.1, -0.05) is 0 Å². The number of nitrogens with zero attached hydrogens (tertiary/aromatic N) is 4. The lowest BCUT2D eigenvalue weighted by atomic mass is 9.92. The molecule has 2 fully saturated rings. The molecule has 126 valence electrons. The predicted molar refractivity (Wildman–Crippen MR) is 82.9 cm³/mol. The standard InChI is InChI=1S/C12H12N5O5PS/c13-4-12(8-2-1-6-11(14)15-5-16-17(6)8)10(18)9-7(21-12)3-20-23(19,24)22-9/h1-2,5,7,9-10,18H,3H2,(H,19,24)(H2,14,15,16)/t7-,9-,10-,12+,23?/m1/s1. The number of anilines is 1. The lowest BCUT2D eigenvalue weighted by molar-refractivity contribution is -0.0692. The molecule has 0 radical (unpaired) electrons. The second kappa shape index (κ2) is 5.18. The summed E-state index contributed by atoms with van der Waals surface area (Å²) in [4.78, 5) is 13.7. The van der Waals surface area contributed by atoms with E-state index in [1.807, 2.05) is 6.07 Å². The normalized spacial score (nSPS) is 38.8. The number of nitrogens with two attached hydrogens (primary N) is 1. The Morgan fingerprint density at radius 2 is 2.33 bits per heavy atom. The number of hydrogen-bond acceptors (Lipinski definition) is 9. The van der Waals surface area contributed by atoms with Crippen molar-refractivity contribution >= 4 is 29.9 Å². The summed E-state index contributed by atoms with van der Waals surface area (Å²) in [5.74, 6) is 0.222. The van der Waals surface area contributed by atoms with Gasteiger partial charge in [-0.2, -0.15) is 10.4 Å². The lowest BCUT2D eigenvalue weighted by Crippen LogP contribution is -2.43. The molecule has 0 aromatic carbocycles. The van der Waals surface area contributed by atoms with Crippen LogP contribution in [0, 0.1) is 11.3 Å². The highest BCUT2D eigenvalue weighted by molar-refractivity contribution is 8.07. The van der Waals surface area contributed by atoms with Crippen molar-refractivity contribution < 1.29 is 23.8 Å². The van der Waals surface area contributed by atoms with E-state index < -0.39 is 30.6 Å². The SMILES string of the molecule is N#C[C@@]1(c2ccc3c(N)ncnn23)O[C@@H]2COP(O)(=S)O[C@H]2[C@H]1O. The fourth-order valence-electron chi connectivity index (χ4n) is 3.01. The van der Waals surface area contributed by atoms with Gasteiger partial charge in [0.05, 0.1) is 12.3 Å². The van der Waals surface area contributed by atoms with E-state index in [1.165, 1.54) is 10.8 Å². The highest BCUT2D eigenvalue weighted by atomic mass is 32.5. The van der Waals surface area contributed by atoms with Crippen molar-refractivity contribution in [3.63, 3.8) is 0 Å². The quantitative estimate of drug-likeness (QED) is 0.558. The fraction of sp³-hybridized carbons (Fsp3) is 0.417. The number of nitrogen functional groups attached to an aromatic ring is 1. The number of aromatic nitrogens is 3. The Morgan fingerprint density at radius 3 is 3.08 bits per heavy atom. The third kappa shape index (κ3) is 2.09. The van der Waals surface area contributed by atoms with Crippen molar-refractivity contribution in [1.29, 1.82) is 5.26 Å². The largest absolute Gasteiger partial charge is 0.386 e. The molecule has 2 aromatic heterocycles. The number of fused-ring (bicyclic) bond motifs is 2. The summed E-state index contributed by atoms with van der Waals surface area (Å²) in [6.07, 6.45) is -1.91. The Kier molecular flexibility index (Phi) is 3.42. The van der Waals surface area contributed by atoms with Gasteiger partial charge in [0, 0.05) is 0 Å². The number of aliphatic hydroxyl groups is 1. The first-order valence-corrected chi connectivity index (χ1v) is 9.48. The molecule has 0 spiro atoms. The van der Waals surface area contributed by atoms with Gasteiger partial charge in [-0.05, 0) is 23.9 Å². The maximum atomic E-state index is 10.7. The number of hydrogen-bond donors (Lipinski definition) is 3. The van der Waals surface area contributed by atoms with Crippen LogP contribution >= 0.6 is 6.72 Å². The summed E-state index contributed by atoms with van der Waals surface area (Å²) in [6.45, 7) is -3.55. The van der Waals surface area contributed by atoms with Crippen LogP contribution in [0.1, 0.15) is 5.69 Å². The number of aliphatic hydroxyl groups excluding tert-OH is 1. The van der Waals surface area contributed by atoms with Crippen LogP contribution in [-0.4, -0.2) is 49.5 Å². The van der Waals surface area contributed by atoms with E-state index >= 15 is 0 Å². The van der Waals surface area contributed by atoms with Gasteiger partial charge in [0.2, 0.25) is 5.60 Å². The number of nitriles is 1. The van der Waals surface area contributed by atoms with Crippen molar-refractivity contribution in [3.05, 3.63) is 24.2 Å². The average molecular weight is 369 g/mol. The zero-order valence-electron chi connectivity index (χ0n) is 12.0. The van der Waals surface area contributed by atoms with Gasteiger partial charge in [-0.25, -0.2) is 9.50 Å². The predicted octanol–water partition coefficient (Wildman–Crippen LogP) is -0.578. The highest BCUT2D eigenvalue weighted by Crippen LogP contribution is 2.54. The zero-order valence-corrected chi connectivity index (χ0v) is 13.7. The molecule has 0 amide bonds. The number of rotatable bonds is 1. The van der Waals surface area contributed by atoms with E-state index in [0.717, 1.165) is 0 Å². The zero-order chi connectivity index (χ0) is 17.1. The van der Waals surface area contributed by atoms with Gasteiger partial charge >= 0.3 is 6.72 Å². The molecular formula is C12H12N5O5PS. The summed E-state index contributed by atoms with van der Waals surface area (Å²) in [6, 6.07) is 5.18. The smallest absolute Gasteiger partial charge is 0.325 e. The molecular weight excluding hydrogens is 357 g/mol. The summed E-state index contributed by atoms with van der Waals surface area (Å²) < 4.78 is 17.5. The maximum absolute atomic E-state index is 10.7. The second-order valence-corrected chi connectivity index (χ2v) is 8.23. The Hall–Kier alpha value is -1.64. The molecule has 24 heavy (non-hydrogen) atoms. The summed E-state index contributed by atoms with van der Waals surface area (Å²) in [5.41, 5.74) is 4.76. The van der Waals surface area contributed by atoms with Gasteiger partial charge in [0.25, 0.3) is 0 Å². The van der Waals surface area contributed by atoms with Crippen LogP contribution in [-0.2, 0) is 31.2 Å². The molecule has 0 aliphatic carbocycles. The highest BCUT2D eigenvalue weighted by Gasteiger charge is 2.61. The molecule has 1 unspecified atom stereocenters. The molecule has 2 saturated heterocycles. The van der Waals surface area contributed by atoms with Gasteiger partial charge in [-0.15, -0.1) is 0 Å². The molecule has 12 heteroatoms. The molecule has 2 aromatic rings. The third-order valence-corrected chi connectivity index (χ3v) is 5.68. The fourth-order valence-corrected chi connectivity index (χ4v) is 4.45. The van der Waals surface area contributed by atoms with Gasteiger partial charge in [0.1, 0.15) is 36.2 Å². The Bertz CT molecular complexity index is 915. The molecule has 4 heterocycles. The Labute approximate surface area is 140 Å². The van der Waals surface area contributed by atoms with Crippen LogP contribution in [0.3, 0.4) is 0 Å². The van der Waals surface area contributed by atoms with Crippen molar-refractivity contribution in [1.82, 2.24) is 14.6 Å². The van der Waals surface area contributed by atoms with Crippen LogP contribution in [0.4, 0.5) is 5.82 Å². The van der Waals surface area contributed by atoms with E-state index in [0.29, 0.717) is 5.52 Å². The van der Waals surface area contributed by atoms with Crippen LogP contribution in [0.2, 0.25) is 0 Å². The van der Waals surface area contributed by atoms with E-state index in [1.54, 1.807) is 12.1 Å². The van der Waals surface area contributed by atoms with E-state index in [-0.39, 0.29) is 18.1 Å². The first-order valence-electron chi connectivity index (χ1n) is 6.89. The lowest BCUT2D eigenvalue weighted by Gasteiger charge is -2.30. The summed E-state index contributed by atoms with van der Waals surface area (Å²) >= 11 is 4.81. The average Bonchev–Trinajstić information content (AvgIpc) is 3.09. The molecule has 4 N–H and O–H groups in total. The van der Waals surface area contributed by atoms with Gasteiger partial charge in [-0.3, -0.25) is 4.52 Å². The minimum absolute atomic E-state index is 0.0840. The third-order valence-electron chi connectivity index (χ3n) is 4.12. The van der Waals surface area contributed by atoms with Gasteiger partial charge < -0.3 is 25.0 Å². The molecule has 2 aliphatic rings. The van der Waals surface area contributed by atoms with E-state index in [2.05, 4.69) is 10.1 Å². The first kappa shape index (κ1) is 15.9. The maximum Gasteiger partial charge on any atom is 0.325 e. The van der Waals surface area contributed by atoms with E-state index in [4.69, 9.17) is 31.3 Å². The molecule has 10 nitrogen and oxygen atoms in total. The molecule has 4 rings (SSSR count). The van der Waals surface area contributed by atoms with Crippen molar-refractivity contribution in [3.8, 4) is 6.07 Å². The molecule has 0 saturated carbocycles. The Morgan fingerprint density at radius 1 is 1.54 bits per heavy atom. The van der Waals surface area contributed by atoms with Crippen molar-refractivity contribution in [2.75, 3.05) is 12.3 Å². The van der Waals surface area contributed by atoms with Crippen molar-refractivity contribution in [2.24, 2.45) is 0 Å². The van der Waals surface area contributed by atoms with Crippen LogP contribution in [0.5, 0.6) is 0 Å². The summed E-state index contributed by atoms with van der Waals surface area (Å²) in [7, 11) is 0. The monoisotopic (exact) mass is 369 g/mol. The number of ether oxygens (including phenoxy) is 1. The van der Waals surface area contributed by atoms with Crippen LogP contribution < -0.4 is 5.73 Å². The first-order chi connectivity index (χ1) is 11.4. The second-order valence-electron chi connectivity index (χ2n) is 5.44. The minimum Gasteiger partial charge on any atom is -0.386 e. The topological polar surface area (TPSA) is 148 Å². The van der Waals surface area contributed by atoms with Crippen LogP contribution in [0.15, 0.2) is 18.5 Å². The molecule has 5 atom stereocenters. The van der Waals surface area contributed by atoms with Crippen LogP contribution in [0.25, 0.3) is 5.52 Å². The molecule has 2 aliphatic heterocycles. The minimum atomic E-state index is -3.46. The van der Waals surface area contributed by atoms with E-state index in [9.17, 15) is 15.3 Å². The van der Waals surface area contributed by atoms with Gasteiger partial charge in [0.15, 0.2) is 5.82 Å². The summed E-state index contributed by atoms with van der Waals surface area (Å²) in [5, 5.41) is 24.5. The van der Waals surface area contributed by atoms with Crippen molar-refractivity contribution in [2.45, 2.75) is 23.9 Å². The molecule has 0 bridgehead atoms. The Balaban J connectivity index is 1.84.